The van der Waals surface area contributed by atoms with Gasteiger partial charge < -0.3 is 5.32 Å². The molecule has 0 unspecified atom stereocenters. The molecule has 3 nitrogen and oxygen atoms in total. The van der Waals surface area contributed by atoms with Crippen molar-refractivity contribution in [2.24, 2.45) is 0 Å². The van der Waals surface area contributed by atoms with Gasteiger partial charge in [0.15, 0.2) is 0 Å². The van der Waals surface area contributed by atoms with Crippen molar-refractivity contribution >= 4 is 33.3 Å². The summed E-state index contributed by atoms with van der Waals surface area (Å²) in [7, 11) is 1.87. The van der Waals surface area contributed by atoms with Gasteiger partial charge in [0.05, 0.1) is 10.2 Å². The second-order valence-corrected chi connectivity index (χ2v) is 5.78. The minimum Gasteiger partial charge on any atom is -0.372 e. The summed E-state index contributed by atoms with van der Waals surface area (Å²) in [5.41, 5.74) is 2.21. The maximum absolute atomic E-state index is 5.90. The van der Waals surface area contributed by atoms with Gasteiger partial charge in [-0.25, -0.2) is 9.97 Å². The lowest BCUT2D eigenvalue weighted by Gasteiger charge is -2.10. The van der Waals surface area contributed by atoms with Gasteiger partial charge in [-0.3, -0.25) is 0 Å². The van der Waals surface area contributed by atoms with Gasteiger partial charge in [0, 0.05) is 18.5 Å². The van der Waals surface area contributed by atoms with Crippen LogP contribution in [0.1, 0.15) is 30.4 Å². The molecule has 0 spiro atoms. The fraction of sp³-hybridized carbons (Fsp3) is 0.333. The van der Waals surface area contributed by atoms with Crippen molar-refractivity contribution in [3.05, 3.63) is 50.8 Å². The first-order valence-electron chi connectivity index (χ1n) is 6.61. The van der Waals surface area contributed by atoms with Crippen molar-refractivity contribution < 1.29 is 0 Å². The van der Waals surface area contributed by atoms with Gasteiger partial charge in [0.25, 0.3) is 0 Å². The molecule has 0 aliphatic carbocycles. The van der Waals surface area contributed by atoms with E-state index in [0.717, 1.165) is 45.2 Å². The fourth-order valence-corrected chi connectivity index (χ4v) is 2.68. The van der Waals surface area contributed by atoms with Crippen LogP contribution in [-0.2, 0) is 12.8 Å². The number of nitrogens with one attached hydrogen (secondary N) is 1. The molecule has 2 rings (SSSR count). The average Bonchev–Trinajstić information content (AvgIpc) is 2.45. The standard InChI is InChI=1S/C15H17BrClN3/c1-3-4-12-14(16)15(18-2)20-13(19-12)9-10-5-7-11(17)8-6-10/h5-8H,3-4,9H2,1-2H3,(H,18,19,20). The minimum absolute atomic E-state index is 0.704. The van der Waals surface area contributed by atoms with E-state index < -0.39 is 0 Å². The summed E-state index contributed by atoms with van der Waals surface area (Å²) in [6.45, 7) is 2.15. The van der Waals surface area contributed by atoms with Gasteiger partial charge in [-0.05, 0) is 40.0 Å². The molecular formula is C15H17BrClN3. The topological polar surface area (TPSA) is 37.8 Å². The molecule has 0 atom stereocenters. The minimum atomic E-state index is 0.704. The number of hydrogen-bond donors (Lipinski definition) is 1. The molecular weight excluding hydrogens is 338 g/mol. The Morgan fingerprint density at radius 1 is 1.20 bits per heavy atom. The highest BCUT2D eigenvalue weighted by atomic mass is 79.9. The number of aromatic nitrogens is 2. The lowest BCUT2D eigenvalue weighted by Crippen LogP contribution is -2.06. The SMILES string of the molecule is CCCc1nc(Cc2ccc(Cl)cc2)nc(NC)c1Br. The molecule has 5 heteroatoms. The molecule has 1 aromatic carbocycles. The highest BCUT2D eigenvalue weighted by Gasteiger charge is 2.11. The first-order chi connectivity index (χ1) is 9.63. The average molecular weight is 355 g/mol. The highest BCUT2D eigenvalue weighted by Crippen LogP contribution is 2.25. The predicted octanol–water partition coefficient (Wildman–Crippen LogP) is 4.48. The van der Waals surface area contributed by atoms with Crippen molar-refractivity contribution in [3.63, 3.8) is 0 Å². The van der Waals surface area contributed by atoms with Crippen molar-refractivity contribution in [2.45, 2.75) is 26.2 Å². The fourth-order valence-electron chi connectivity index (χ4n) is 1.98. The third-order valence-corrected chi connectivity index (χ3v) is 4.05. The zero-order valence-corrected chi connectivity index (χ0v) is 13.9. The number of hydrogen-bond acceptors (Lipinski definition) is 3. The summed E-state index contributed by atoms with van der Waals surface area (Å²) >= 11 is 9.47. The second-order valence-electron chi connectivity index (χ2n) is 4.55. The maximum atomic E-state index is 5.90. The summed E-state index contributed by atoms with van der Waals surface area (Å²) < 4.78 is 0.960. The molecule has 0 aliphatic heterocycles. The van der Waals surface area contributed by atoms with E-state index in [1.165, 1.54) is 0 Å². The Bertz CT molecular complexity index is 584. The van der Waals surface area contributed by atoms with Crippen LogP contribution in [0.4, 0.5) is 5.82 Å². The predicted molar refractivity (Wildman–Crippen MR) is 87.5 cm³/mol. The van der Waals surface area contributed by atoms with Gasteiger partial charge in [0.2, 0.25) is 0 Å². The van der Waals surface area contributed by atoms with Crippen molar-refractivity contribution in [2.75, 3.05) is 12.4 Å². The smallest absolute Gasteiger partial charge is 0.144 e. The van der Waals surface area contributed by atoms with Crippen LogP contribution < -0.4 is 5.32 Å². The van der Waals surface area contributed by atoms with E-state index >= 15 is 0 Å². The Morgan fingerprint density at radius 2 is 1.90 bits per heavy atom. The maximum Gasteiger partial charge on any atom is 0.144 e. The highest BCUT2D eigenvalue weighted by molar-refractivity contribution is 9.10. The van der Waals surface area contributed by atoms with Crippen LogP contribution in [0, 0.1) is 0 Å². The number of aryl methyl sites for hydroxylation is 1. The zero-order valence-electron chi connectivity index (χ0n) is 11.6. The van der Waals surface area contributed by atoms with Crippen LogP contribution in [0.2, 0.25) is 5.02 Å². The monoisotopic (exact) mass is 353 g/mol. The Morgan fingerprint density at radius 3 is 2.50 bits per heavy atom. The van der Waals surface area contributed by atoms with Gasteiger partial charge in [-0.2, -0.15) is 0 Å². The number of benzene rings is 1. The van der Waals surface area contributed by atoms with E-state index in [9.17, 15) is 0 Å². The molecule has 0 saturated heterocycles. The largest absolute Gasteiger partial charge is 0.372 e. The quantitative estimate of drug-likeness (QED) is 0.860. The Balaban J connectivity index is 2.31. The third kappa shape index (κ3) is 3.70. The molecule has 0 fully saturated rings. The molecule has 1 aromatic heterocycles. The van der Waals surface area contributed by atoms with Crippen molar-refractivity contribution in [3.8, 4) is 0 Å². The number of halogens is 2. The van der Waals surface area contributed by atoms with E-state index in [1.807, 2.05) is 31.3 Å². The molecule has 0 radical (unpaired) electrons. The zero-order chi connectivity index (χ0) is 14.5. The summed E-state index contributed by atoms with van der Waals surface area (Å²) in [5.74, 6) is 1.66. The van der Waals surface area contributed by atoms with Crippen molar-refractivity contribution in [1.82, 2.24) is 9.97 Å². The van der Waals surface area contributed by atoms with Crippen LogP contribution in [0.25, 0.3) is 0 Å². The Hall–Kier alpha value is -1.13. The molecule has 20 heavy (non-hydrogen) atoms. The molecule has 1 N–H and O–H groups in total. The number of rotatable bonds is 5. The summed E-state index contributed by atoms with van der Waals surface area (Å²) in [6.07, 6.45) is 2.69. The molecule has 106 valence electrons. The summed E-state index contributed by atoms with van der Waals surface area (Å²) in [5, 5.41) is 3.85. The van der Waals surface area contributed by atoms with E-state index in [-0.39, 0.29) is 0 Å². The normalized spacial score (nSPS) is 10.6. The van der Waals surface area contributed by atoms with E-state index in [2.05, 4.69) is 38.1 Å². The van der Waals surface area contributed by atoms with Crippen LogP contribution in [0.3, 0.4) is 0 Å². The number of anilines is 1. The first-order valence-corrected chi connectivity index (χ1v) is 7.78. The third-order valence-electron chi connectivity index (χ3n) is 2.97. The van der Waals surface area contributed by atoms with Crippen molar-refractivity contribution in [1.29, 1.82) is 0 Å². The molecule has 0 bridgehead atoms. The van der Waals surface area contributed by atoms with Crippen LogP contribution in [0.15, 0.2) is 28.7 Å². The van der Waals surface area contributed by atoms with Gasteiger partial charge in [-0.15, -0.1) is 0 Å². The molecule has 0 saturated carbocycles. The summed E-state index contributed by atoms with van der Waals surface area (Å²) in [4.78, 5) is 9.21. The Kier molecular flexibility index (Phi) is 5.38. The molecule has 0 amide bonds. The first kappa shape index (κ1) is 15.3. The van der Waals surface area contributed by atoms with E-state index in [4.69, 9.17) is 11.6 Å². The van der Waals surface area contributed by atoms with Gasteiger partial charge >= 0.3 is 0 Å². The lowest BCUT2D eigenvalue weighted by molar-refractivity contribution is 0.835. The van der Waals surface area contributed by atoms with Crippen LogP contribution in [0.5, 0.6) is 0 Å². The van der Waals surface area contributed by atoms with Gasteiger partial charge in [0.1, 0.15) is 11.6 Å². The molecule has 2 aromatic rings. The van der Waals surface area contributed by atoms with E-state index in [0.29, 0.717) is 6.42 Å². The second kappa shape index (κ2) is 7.04. The van der Waals surface area contributed by atoms with Crippen LogP contribution >= 0.6 is 27.5 Å². The summed E-state index contributed by atoms with van der Waals surface area (Å²) in [6, 6.07) is 7.79. The Labute approximate surface area is 132 Å². The number of nitrogens with zero attached hydrogens (tertiary/aromatic N) is 2. The molecule has 0 aliphatic rings. The lowest BCUT2D eigenvalue weighted by atomic mass is 10.1. The molecule has 1 heterocycles. The van der Waals surface area contributed by atoms with Gasteiger partial charge in [-0.1, -0.05) is 37.1 Å². The van der Waals surface area contributed by atoms with Crippen LogP contribution in [-0.4, -0.2) is 17.0 Å². The van der Waals surface area contributed by atoms with E-state index in [1.54, 1.807) is 0 Å².